The van der Waals surface area contributed by atoms with E-state index < -0.39 is 0 Å². The number of hydrogen-bond donors (Lipinski definition) is 1. The Morgan fingerprint density at radius 1 is 0.875 bits per heavy atom. The van der Waals surface area contributed by atoms with E-state index in [1.807, 2.05) is 0 Å². The van der Waals surface area contributed by atoms with Gasteiger partial charge in [-0.25, -0.2) is 0 Å². The van der Waals surface area contributed by atoms with Gasteiger partial charge in [0.15, 0.2) is 0 Å². The molecule has 140 valence electrons. The maximum absolute atomic E-state index is 10.6. The van der Waals surface area contributed by atoms with Crippen molar-refractivity contribution in [1.82, 2.24) is 4.90 Å². The molecule has 1 N–H and O–H groups in total. The third-order valence-corrected chi connectivity index (χ3v) is 6.28. The molecule has 0 aromatic carbocycles. The fourth-order valence-electron chi connectivity index (χ4n) is 6.09. The molecule has 4 aliphatic carbocycles. The van der Waals surface area contributed by atoms with E-state index in [1.165, 1.54) is 38.5 Å². The van der Waals surface area contributed by atoms with Gasteiger partial charge in [0.25, 0.3) is 0 Å². The van der Waals surface area contributed by atoms with Crippen molar-refractivity contribution in [1.29, 1.82) is 0 Å². The average molecular weight is 338 g/mol. The summed E-state index contributed by atoms with van der Waals surface area (Å²) in [6.45, 7) is 12.4. The molecule has 4 saturated carbocycles. The van der Waals surface area contributed by atoms with Crippen molar-refractivity contribution in [3.8, 4) is 0 Å². The normalized spacial score (nSPS) is 36.2. The van der Waals surface area contributed by atoms with Gasteiger partial charge in [-0.3, -0.25) is 0 Å². The van der Waals surface area contributed by atoms with E-state index >= 15 is 0 Å². The first-order valence-electron chi connectivity index (χ1n) is 10.4. The Balaban J connectivity index is 1.48. The Kier molecular flexibility index (Phi) is 5.94. The molecule has 1 unspecified atom stereocenters. The molecule has 0 aliphatic heterocycles. The van der Waals surface area contributed by atoms with Crippen molar-refractivity contribution in [2.75, 3.05) is 26.2 Å². The minimum Gasteiger partial charge on any atom is -0.389 e. The Morgan fingerprint density at radius 2 is 1.33 bits per heavy atom. The second-order valence-corrected chi connectivity index (χ2v) is 10.1. The average Bonchev–Trinajstić information content (AvgIpc) is 2.42. The Morgan fingerprint density at radius 3 is 1.75 bits per heavy atom. The van der Waals surface area contributed by atoms with E-state index in [9.17, 15) is 5.11 Å². The molecule has 4 rings (SSSR count). The van der Waals surface area contributed by atoms with Gasteiger partial charge < -0.3 is 14.7 Å². The van der Waals surface area contributed by atoms with Gasteiger partial charge in [0.05, 0.1) is 18.3 Å². The summed E-state index contributed by atoms with van der Waals surface area (Å²) < 4.78 is 6.44. The minimum atomic E-state index is -0.351. The van der Waals surface area contributed by atoms with Crippen LogP contribution >= 0.6 is 0 Å². The third-order valence-electron chi connectivity index (χ3n) is 6.28. The smallest absolute Gasteiger partial charge is 0.0900 e. The van der Waals surface area contributed by atoms with E-state index in [1.54, 1.807) is 0 Å². The summed E-state index contributed by atoms with van der Waals surface area (Å²) in [5, 5.41) is 10.6. The molecule has 0 aromatic rings. The Labute approximate surface area is 149 Å². The summed E-state index contributed by atoms with van der Waals surface area (Å²) >= 11 is 0. The molecule has 4 fully saturated rings. The standard InChI is InChI=1S/C21H39NO2/c1-15(2)11-22(12-16(3)4)13-20(23)14-24-21-8-17-5-18(9-21)7-19(6-17)10-21/h15-20,23H,5-14H2,1-4H3. The van der Waals surface area contributed by atoms with Gasteiger partial charge in [-0.15, -0.1) is 0 Å². The first-order valence-corrected chi connectivity index (χ1v) is 10.4. The van der Waals surface area contributed by atoms with Gasteiger partial charge in [-0.2, -0.15) is 0 Å². The van der Waals surface area contributed by atoms with E-state index in [0.717, 1.165) is 37.4 Å². The number of nitrogens with zero attached hydrogens (tertiary/aromatic N) is 1. The lowest BCUT2D eigenvalue weighted by atomic mass is 9.54. The molecule has 4 aliphatic rings. The van der Waals surface area contributed by atoms with Crippen LogP contribution in [0.4, 0.5) is 0 Å². The Bertz CT molecular complexity index is 361. The zero-order valence-corrected chi connectivity index (χ0v) is 16.3. The lowest BCUT2D eigenvalue weighted by Crippen LogP contribution is -2.53. The highest BCUT2D eigenvalue weighted by Crippen LogP contribution is 2.57. The molecule has 4 bridgehead atoms. The van der Waals surface area contributed by atoms with Crippen LogP contribution in [-0.2, 0) is 4.74 Å². The highest BCUT2D eigenvalue weighted by Gasteiger charge is 2.51. The van der Waals surface area contributed by atoms with Gasteiger partial charge in [-0.05, 0) is 68.1 Å². The van der Waals surface area contributed by atoms with Crippen LogP contribution in [0.2, 0.25) is 0 Å². The van der Waals surface area contributed by atoms with Crippen molar-refractivity contribution in [2.24, 2.45) is 29.6 Å². The van der Waals surface area contributed by atoms with E-state index in [2.05, 4.69) is 32.6 Å². The predicted molar refractivity (Wildman–Crippen MR) is 99.0 cm³/mol. The maximum Gasteiger partial charge on any atom is 0.0900 e. The van der Waals surface area contributed by atoms with E-state index in [-0.39, 0.29) is 11.7 Å². The minimum absolute atomic E-state index is 0.122. The van der Waals surface area contributed by atoms with E-state index in [4.69, 9.17) is 4.74 Å². The van der Waals surface area contributed by atoms with Gasteiger partial charge in [0.2, 0.25) is 0 Å². The van der Waals surface area contributed by atoms with E-state index in [0.29, 0.717) is 18.4 Å². The topological polar surface area (TPSA) is 32.7 Å². The molecule has 0 spiro atoms. The molecule has 1 atom stereocenters. The molecule has 0 radical (unpaired) electrons. The number of hydrogen-bond acceptors (Lipinski definition) is 3. The zero-order valence-electron chi connectivity index (χ0n) is 16.3. The van der Waals surface area contributed by atoms with Crippen molar-refractivity contribution in [3.63, 3.8) is 0 Å². The van der Waals surface area contributed by atoms with Crippen molar-refractivity contribution in [2.45, 2.75) is 77.9 Å². The van der Waals surface area contributed by atoms with Crippen LogP contribution in [0.25, 0.3) is 0 Å². The van der Waals surface area contributed by atoms with Gasteiger partial charge in [0.1, 0.15) is 0 Å². The van der Waals surface area contributed by atoms with Crippen molar-refractivity contribution in [3.05, 3.63) is 0 Å². The Hall–Kier alpha value is -0.120. The largest absolute Gasteiger partial charge is 0.389 e. The summed E-state index contributed by atoms with van der Waals surface area (Å²) in [5.41, 5.74) is 0.122. The highest BCUT2D eigenvalue weighted by atomic mass is 16.5. The molecule has 0 heterocycles. The number of rotatable bonds is 9. The van der Waals surface area contributed by atoms with Crippen LogP contribution in [0.15, 0.2) is 0 Å². The van der Waals surface area contributed by atoms with Crippen molar-refractivity contribution >= 4 is 0 Å². The lowest BCUT2D eigenvalue weighted by molar-refractivity contribution is -0.176. The second-order valence-electron chi connectivity index (χ2n) is 10.1. The maximum atomic E-state index is 10.6. The van der Waals surface area contributed by atoms with Crippen LogP contribution in [0.3, 0.4) is 0 Å². The summed E-state index contributed by atoms with van der Waals surface area (Å²) in [7, 11) is 0. The van der Waals surface area contributed by atoms with Crippen LogP contribution in [0, 0.1) is 29.6 Å². The quantitative estimate of drug-likeness (QED) is 0.691. The summed E-state index contributed by atoms with van der Waals surface area (Å²) in [6.07, 6.45) is 7.76. The molecule has 3 heteroatoms. The van der Waals surface area contributed by atoms with Gasteiger partial charge in [-0.1, -0.05) is 27.7 Å². The molecule has 0 saturated heterocycles. The fourth-order valence-corrected chi connectivity index (χ4v) is 6.09. The first kappa shape index (κ1) is 18.7. The predicted octanol–water partition coefficient (Wildman–Crippen LogP) is 3.95. The summed E-state index contributed by atoms with van der Waals surface area (Å²) in [6, 6.07) is 0. The first-order chi connectivity index (χ1) is 11.3. The third kappa shape index (κ3) is 4.74. The fraction of sp³-hybridized carbons (Fsp3) is 1.00. The number of ether oxygens (including phenoxy) is 1. The number of aliphatic hydroxyl groups is 1. The monoisotopic (exact) mass is 337 g/mol. The lowest BCUT2D eigenvalue weighted by Gasteiger charge is -2.56. The summed E-state index contributed by atoms with van der Waals surface area (Å²) in [5.74, 6) is 4.00. The SMILES string of the molecule is CC(C)CN(CC(C)C)CC(O)COC12CC3CC(CC(C3)C1)C2. The van der Waals surface area contributed by atoms with Crippen LogP contribution in [-0.4, -0.2) is 48.0 Å². The zero-order chi connectivity index (χ0) is 17.3. The summed E-state index contributed by atoms with van der Waals surface area (Å²) in [4.78, 5) is 2.42. The van der Waals surface area contributed by atoms with Crippen molar-refractivity contribution < 1.29 is 9.84 Å². The van der Waals surface area contributed by atoms with Gasteiger partial charge >= 0.3 is 0 Å². The molecule has 0 aromatic heterocycles. The van der Waals surface area contributed by atoms with Gasteiger partial charge in [0, 0.05) is 19.6 Å². The second kappa shape index (κ2) is 7.63. The van der Waals surface area contributed by atoms with Crippen LogP contribution in [0.1, 0.15) is 66.2 Å². The molecule has 3 nitrogen and oxygen atoms in total. The van der Waals surface area contributed by atoms with Crippen LogP contribution < -0.4 is 0 Å². The molecule has 0 amide bonds. The number of aliphatic hydroxyl groups excluding tert-OH is 1. The molecular weight excluding hydrogens is 298 g/mol. The van der Waals surface area contributed by atoms with Crippen LogP contribution in [0.5, 0.6) is 0 Å². The molecule has 24 heavy (non-hydrogen) atoms. The molecular formula is C21H39NO2. The highest BCUT2D eigenvalue weighted by molar-refractivity contribution is 5.03.